The molecular weight excluding hydrogens is 735 g/mol. The van der Waals surface area contributed by atoms with Crippen molar-refractivity contribution in [2.45, 2.75) is 19.3 Å². The van der Waals surface area contributed by atoms with Gasteiger partial charge in [-0.15, -0.1) is 0 Å². The van der Waals surface area contributed by atoms with Crippen molar-refractivity contribution >= 4 is 65.6 Å². The molecule has 0 saturated carbocycles. The summed E-state index contributed by atoms with van der Waals surface area (Å²) in [5.74, 6) is 1.65. The van der Waals surface area contributed by atoms with Gasteiger partial charge in [-0.1, -0.05) is 141 Å². The summed E-state index contributed by atoms with van der Waals surface area (Å²) in [6.45, 7) is 4.66. The molecule has 0 N–H and O–H groups in total. The average Bonchev–Trinajstić information content (AvgIpc) is 4.01. The minimum absolute atomic E-state index is 0.178. The van der Waals surface area contributed by atoms with Crippen molar-refractivity contribution in [2.24, 2.45) is 0 Å². The van der Waals surface area contributed by atoms with Crippen LogP contribution in [0.4, 0.5) is 0 Å². The Hall–Kier alpha value is -7.83. The van der Waals surface area contributed by atoms with Crippen LogP contribution < -0.4 is 0 Å². The van der Waals surface area contributed by atoms with Gasteiger partial charge in [0.1, 0.15) is 11.2 Å². The van der Waals surface area contributed by atoms with E-state index in [1.54, 1.807) is 0 Å². The number of aromatic nitrogens is 5. The van der Waals surface area contributed by atoms with Gasteiger partial charge in [0.15, 0.2) is 5.82 Å². The van der Waals surface area contributed by atoms with Gasteiger partial charge in [-0.25, -0.2) is 0 Å². The number of rotatable bonds is 4. The van der Waals surface area contributed by atoms with Gasteiger partial charge in [0.25, 0.3) is 0 Å². The van der Waals surface area contributed by atoms with Crippen LogP contribution >= 0.6 is 0 Å². The van der Waals surface area contributed by atoms with E-state index in [2.05, 4.69) is 187 Å². The molecule has 0 atom stereocenters. The third-order valence-electron chi connectivity index (χ3n) is 12.8. The number of nitrogens with zero attached hydrogens (tertiary/aromatic N) is 5. The van der Waals surface area contributed by atoms with Crippen molar-refractivity contribution in [3.8, 4) is 45.5 Å². The van der Waals surface area contributed by atoms with Gasteiger partial charge in [-0.2, -0.15) is 15.0 Å². The van der Waals surface area contributed by atoms with Crippen molar-refractivity contribution < 1.29 is 4.42 Å². The van der Waals surface area contributed by atoms with Gasteiger partial charge >= 0.3 is 0 Å². The molecular formula is C54H35N5O. The molecule has 0 spiro atoms. The van der Waals surface area contributed by atoms with Crippen LogP contribution in [0.25, 0.3) is 111 Å². The standard InChI is InChI=1S/C54H35N5O/c1-54(2)42-22-10-6-17-35(42)40-30-41-38-20-9-13-25-46(38)59(47(41)31-43(40)54)53-56-51(55-52(57-53)58-44-23-11-7-18-36(44)37-19-8-12-24-45(37)58)33-27-28-39-49(29-33)60-48-26-14-21-34(50(39)48)32-15-4-3-5-16-32/h3-31H,1-2H3. The van der Waals surface area contributed by atoms with E-state index in [9.17, 15) is 0 Å². The fraction of sp³-hybridized carbons (Fsp3) is 0.0556. The van der Waals surface area contributed by atoms with Gasteiger partial charge in [0, 0.05) is 43.3 Å². The Bertz CT molecular complexity index is 3700. The summed E-state index contributed by atoms with van der Waals surface area (Å²) in [6.07, 6.45) is 0. The van der Waals surface area contributed by atoms with E-state index in [1.165, 1.54) is 22.3 Å². The Morgan fingerprint density at radius 1 is 0.400 bits per heavy atom. The van der Waals surface area contributed by atoms with Crippen LogP contribution in [0.1, 0.15) is 25.0 Å². The van der Waals surface area contributed by atoms with Crippen molar-refractivity contribution in [2.75, 3.05) is 0 Å². The molecule has 0 aliphatic heterocycles. The third kappa shape index (κ3) is 4.56. The second-order valence-electron chi connectivity index (χ2n) is 16.4. The number of furan rings is 1. The summed E-state index contributed by atoms with van der Waals surface area (Å²) in [6, 6.07) is 62.2. The molecule has 6 nitrogen and oxygen atoms in total. The zero-order chi connectivity index (χ0) is 39.7. The molecule has 1 aliphatic carbocycles. The van der Waals surface area contributed by atoms with E-state index in [-0.39, 0.29) is 5.41 Å². The molecule has 12 aromatic rings. The summed E-state index contributed by atoms with van der Waals surface area (Å²) in [7, 11) is 0. The number of hydrogen-bond donors (Lipinski definition) is 0. The Balaban J connectivity index is 1.10. The molecule has 0 fully saturated rings. The maximum Gasteiger partial charge on any atom is 0.240 e. The molecule has 4 aromatic heterocycles. The van der Waals surface area contributed by atoms with Crippen LogP contribution in [-0.4, -0.2) is 24.1 Å². The minimum atomic E-state index is -0.178. The first-order chi connectivity index (χ1) is 29.5. The smallest absolute Gasteiger partial charge is 0.240 e. The molecule has 13 rings (SSSR count). The minimum Gasteiger partial charge on any atom is -0.456 e. The Morgan fingerprint density at radius 3 is 1.72 bits per heavy atom. The first-order valence-corrected chi connectivity index (χ1v) is 20.4. The van der Waals surface area contributed by atoms with Crippen LogP contribution in [0.2, 0.25) is 0 Å². The maximum atomic E-state index is 6.62. The van der Waals surface area contributed by atoms with Crippen molar-refractivity contribution in [1.29, 1.82) is 0 Å². The molecule has 0 saturated heterocycles. The van der Waals surface area contributed by atoms with E-state index in [0.717, 1.165) is 82.2 Å². The summed E-state index contributed by atoms with van der Waals surface area (Å²) >= 11 is 0. The number of hydrogen-bond acceptors (Lipinski definition) is 4. The first kappa shape index (κ1) is 33.2. The summed E-state index contributed by atoms with van der Waals surface area (Å²) in [5, 5.41) is 6.74. The van der Waals surface area contributed by atoms with E-state index in [1.807, 2.05) is 12.1 Å². The van der Waals surface area contributed by atoms with Gasteiger partial charge in [-0.05, 0) is 81.9 Å². The van der Waals surface area contributed by atoms with Crippen LogP contribution in [0.5, 0.6) is 0 Å². The molecule has 282 valence electrons. The molecule has 6 heteroatoms. The Kier molecular flexibility index (Phi) is 6.69. The number of para-hydroxylation sites is 3. The summed E-state index contributed by atoms with van der Waals surface area (Å²) in [4.78, 5) is 16.2. The van der Waals surface area contributed by atoms with Crippen LogP contribution in [0, 0.1) is 0 Å². The lowest BCUT2D eigenvalue weighted by Crippen LogP contribution is -2.15. The van der Waals surface area contributed by atoms with Gasteiger partial charge in [-0.3, -0.25) is 9.13 Å². The molecule has 0 unspecified atom stereocenters. The fourth-order valence-electron chi connectivity index (χ4n) is 10.0. The molecule has 0 amide bonds. The topological polar surface area (TPSA) is 61.7 Å². The lowest BCUT2D eigenvalue weighted by Gasteiger charge is -2.21. The first-order valence-electron chi connectivity index (χ1n) is 20.4. The maximum absolute atomic E-state index is 6.62. The lowest BCUT2D eigenvalue weighted by atomic mass is 9.82. The van der Waals surface area contributed by atoms with E-state index in [4.69, 9.17) is 19.4 Å². The van der Waals surface area contributed by atoms with Gasteiger partial charge < -0.3 is 4.42 Å². The number of benzene rings is 8. The largest absolute Gasteiger partial charge is 0.456 e. The molecule has 0 radical (unpaired) electrons. The van der Waals surface area contributed by atoms with E-state index in [0.29, 0.717) is 17.7 Å². The highest BCUT2D eigenvalue weighted by molar-refractivity contribution is 6.14. The monoisotopic (exact) mass is 769 g/mol. The number of fused-ring (bicyclic) bond motifs is 12. The van der Waals surface area contributed by atoms with Crippen LogP contribution in [0.15, 0.2) is 180 Å². The average molecular weight is 770 g/mol. The molecule has 60 heavy (non-hydrogen) atoms. The Morgan fingerprint density at radius 2 is 1.00 bits per heavy atom. The second kappa shape index (κ2) is 12.1. The van der Waals surface area contributed by atoms with Crippen molar-refractivity contribution in [1.82, 2.24) is 24.1 Å². The van der Waals surface area contributed by atoms with Crippen molar-refractivity contribution in [3.05, 3.63) is 187 Å². The SMILES string of the molecule is CC1(C)c2ccccc2-c2cc3c4ccccc4n(-c4nc(-c5ccc6c(c5)oc5cccc(-c7ccccc7)c56)nc(-n5c6ccccc6c6ccccc65)n4)c3cc21. The second-order valence-corrected chi connectivity index (χ2v) is 16.4. The quantitative estimate of drug-likeness (QED) is 0.179. The highest BCUT2D eigenvalue weighted by atomic mass is 16.3. The van der Waals surface area contributed by atoms with E-state index >= 15 is 0 Å². The zero-order valence-corrected chi connectivity index (χ0v) is 32.9. The predicted octanol–water partition coefficient (Wildman–Crippen LogP) is 13.6. The van der Waals surface area contributed by atoms with Crippen LogP contribution in [-0.2, 0) is 5.41 Å². The van der Waals surface area contributed by atoms with E-state index < -0.39 is 0 Å². The van der Waals surface area contributed by atoms with Gasteiger partial charge in [0.05, 0.1) is 22.1 Å². The highest BCUT2D eigenvalue weighted by Gasteiger charge is 2.36. The molecule has 8 aromatic carbocycles. The van der Waals surface area contributed by atoms with Crippen molar-refractivity contribution in [3.63, 3.8) is 0 Å². The fourth-order valence-corrected chi connectivity index (χ4v) is 10.0. The normalized spacial score (nSPS) is 13.3. The van der Waals surface area contributed by atoms with Gasteiger partial charge in [0.2, 0.25) is 11.9 Å². The molecule has 1 aliphatic rings. The lowest BCUT2D eigenvalue weighted by molar-refractivity contribution is 0.661. The highest BCUT2D eigenvalue weighted by Crippen LogP contribution is 2.51. The summed E-state index contributed by atoms with van der Waals surface area (Å²) in [5.41, 5.74) is 13.9. The predicted molar refractivity (Wildman–Crippen MR) is 244 cm³/mol. The summed E-state index contributed by atoms with van der Waals surface area (Å²) < 4.78 is 11.0. The Labute approximate surface area is 344 Å². The zero-order valence-electron chi connectivity index (χ0n) is 32.9. The van der Waals surface area contributed by atoms with Crippen LogP contribution in [0.3, 0.4) is 0 Å². The molecule has 0 bridgehead atoms. The molecule has 4 heterocycles. The third-order valence-corrected chi connectivity index (χ3v) is 12.8.